The fraction of sp³-hybridized carbons (Fsp3) is 0. The Kier molecular flexibility index (Phi) is 6.19. The summed E-state index contributed by atoms with van der Waals surface area (Å²) in [5, 5.41) is 11.2. The van der Waals surface area contributed by atoms with Gasteiger partial charge in [0.25, 0.3) is 5.69 Å². The lowest BCUT2D eigenvalue weighted by Gasteiger charge is -2.19. The first-order valence-electron chi connectivity index (χ1n) is 6.89. The van der Waals surface area contributed by atoms with Crippen LogP contribution in [0.2, 0.25) is 0 Å². The summed E-state index contributed by atoms with van der Waals surface area (Å²) in [5.74, 6) is 0. The number of hydrogen-bond acceptors (Lipinski definition) is 7. The van der Waals surface area contributed by atoms with Gasteiger partial charge in [0.2, 0.25) is 0 Å². The normalized spacial score (nSPS) is 13.2. The Balaban J connectivity index is 1.63. The first-order chi connectivity index (χ1) is 12.0. The lowest BCUT2D eigenvalue weighted by atomic mass is 10.3. The highest BCUT2D eigenvalue weighted by molar-refractivity contribution is 8.57. The topological polar surface area (TPSA) is 55.5 Å². The molecule has 0 aromatic heterocycles. The smallest absolute Gasteiger partial charge is 0.258 e. The van der Waals surface area contributed by atoms with Gasteiger partial charge in [0.1, 0.15) is 4.38 Å². The van der Waals surface area contributed by atoms with Gasteiger partial charge in [0.05, 0.1) is 24.1 Å². The Hall–Kier alpha value is -1.32. The summed E-state index contributed by atoms with van der Waals surface area (Å²) in [6.07, 6.45) is 0. The van der Waals surface area contributed by atoms with E-state index in [1.54, 1.807) is 12.1 Å². The second-order valence-corrected chi connectivity index (χ2v) is 9.30. The van der Waals surface area contributed by atoms with Crippen LogP contribution in [0.1, 0.15) is 0 Å². The molecular formula is C16H9ClN2O2S4. The molecule has 2 aromatic carbocycles. The summed E-state index contributed by atoms with van der Waals surface area (Å²) in [5.41, 5.74) is 0.710. The van der Waals surface area contributed by atoms with Crippen LogP contribution in [-0.4, -0.2) is 13.5 Å². The number of halogens is 1. The van der Waals surface area contributed by atoms with Crippen LogP contribution in [0, 0.1) is 10.1 Å². The Morgan fingerprint density at radius 1 is 1.12 bits per heavy atom. The summed E-state index contributed by atoms with van der Waals surface area (Å²) in [6.45, 7) is 0. The predicted molar refractivity (Wildman–Crippen MR) is 113 cm³/mol. The van der Waals surface area contributed by atoms with Crippen LogP contribution in [0.3, 0.4) is 0 Å². The molecule has 1 aliphatic rings. The van der Waals surface area contributed by atoms with Gasteiger partial charge in [0.15, 0.2) is 0 Å². The molecule has 4 nitrogen and oxygen atoms in total. The zero-order valence-electron chi connectivity index (χ0n) is 12.4. The molecule has 0 unspecified atom stereocenters. The molecule has 1 saturated heterocycles. The van der Waals surface area contributed by atoms with E-state index in [1.165, 1.54) is 47.4 Å². The summed E-state index contributed by atoms with van der Waals surface area (Å²) in [6, 6.07) is 15.9. The predicted octanol–water partition coefficient (Wildman–Crippen LogP) is 6.59. The van der Waals surface area contributed by atoms with Crippen molar-refractivity contribution in [1.82, 2.24) is 0 Å². The molecule has 0 aliphatic carbocycles. The SMILES string of the molecule is O=[N+]([O-])c1ccc(N=C2SC(=C(Cl)C(=S)Sc3ccccc3)S2)cc1. The molecule has 0 spiro atoms. The number of non-ortho nitro benzene ring substituents is 1. The molecule has 0 atom stereocenters. The highest BCUT2D eigenvalue weighted by Crippen LogP contribution is 2.51. The first-order valence-corrected chi connectivity index (χ1v) is 10.1. The maximum absolute atomic E-state index is 10.6. The molecule has 0 radical (unpaired) electrons. The molecule has 9 heteroatoms. The zero-order valence-corrected chi connectivity index (χ0v) is 16.4. The van der Waals surface area contributed by atoms with E-state index >= 15 is 0 Å². The Labute approximate surface area is 167 Å². The number of thioether (sulfide) groups is 3. The van der Waals surface area contributed by atoms with Crippen LogP contribution in [0.15, 0.2) is 73.8 Å². The van der Waals surface area contributed by atoms with Crippen molar-refractivity contribution in [3.05, 3.63) is 74.0 Å². The van der Waals surface area contributed by atoms with Crippen LogP contribution < -0.4 is 0 Å². The van der Waals surface area contributed by atoms with E-state index in [4.69, 9.17) is 23.8 Å². The monoisotopic (exact) mass is 424 g/mol. The molecule has 0 amide bonds. The molecule has 3 rings (SSSR count). The third-order valence-corrected chi connectivity index (χ3v) is 7.44. The van der Waals surface area contributed by atoms with Gasteiger partial charge < -0.3 is 0 Å². The van der Waals surface area contributed by atoms with Gasteiger partial charge in [-0.25, -0.2) is 4.99 Å². The second kappa shape index (κ2) is 8.37. The number of benzene rings is 2. The zero-order chi connectivity index (χ0) is 17.8. The van der Waals surface area contributed by atoms with Gasteiger partial charge in [-0.05, 0) is 24.3 Å². The van der Waals surface area contributed by atoms with E-state index in [-0.39, 0.29) is 5.69 Å². The van der Waals surface area contributed by atoms with Crippen LogP contribution in [0.4, 0.5) is 11.4 Å². The molecule has 0 saturated carbocycles. The number of aliphatic imine (C=N–C) groups is 1. The van der Waals surface area contributed by atoms with E-state index in [0.29, 0.717) is 14.9 Å². The van der Waals surface area contributed by atoms with Crippen molar-refractivity contribution in [3.63, 3.8) is 0 Å². The van der Waals surface area contributed by atoms with Crippen molar-refractivity contribution in [3.8, 4) is 0 Å². The summed E-state index contributed by atoms with van der Waals surface area (Å²) < 4.78 is 2.36. The third-order valence-electron chi connectivity index (χ3n) is 2.95. The van der Waals surface area contributed by atoms with Crippen LogP contribution in [0.5, 0.6) is 0 Å². The molecule has 2 aromatic rings. The molecule has 126 valence electrons. The molecule has 1 aliphatic heterocycles. The van der Waals surface area contributed by atoms with Crippen molar-refractivity contribution in [2.45, 2.75) is 4.90 Å². The minimum absolute atomic E-state index is 0.0461. The molecule has 1 fully saturated rings. The van der Waals surface area contributed by atoms with Gasteiger partial charge in [0, 0.05) is 17.0 Å². The maximum Gasteiger partial charge on any atom is 0.269 e. The van der Waals surface area contributed by atoms with Crippen LogP contribution in [-0.2, 0) is 0 Å². The highest BCUT2D eigenvalue weighted by atomic mass is 35.5. The third kappa shape index (κ3) is 4.86. The van der Waals surface area contributed by atoms with Gasteiger partial charge in [-0.15, -0.1) is 0 Å². The average Bonchev–Trinajstić information content (AvgIpc) is 2.58. The minimum atomic E-state index is -0.435. The van der Waals surface area contributed by atoms with Crippen molar-refractivity contribution in [2.24, 2.45) is 4.99 Å². The number of rotatable bonds is 4. The largest absolute Gasteiger partial charge is 0.269 e. The fourth-order valence-electron chi connectivity index (χ4n) is 1.78. The van der Waals surface area contributed by atoms with E-state index in [0.717, 1.165) is 13.5 Å². The quantitative estimate of drug-likeness (QED) is 0.181. The van der Waals surface area contributed by atoms with Gasteiger partial charge >= 0.3 is 0 Å². The maximum atomic E-state index is 10.6. The Morgan fingerprint density at radius 3 is 2.36 bits per heavy atom. The van der Waals surface area contributed by atoms with Gasteiger partial charge in [-0.2, -0.15) is 0 Å². The van der Waals surface area contributed by atoms with Crippen molar-refractivity contribution in [2.75, 3.05) is 0 Å². The summed E-state index contributed by atoms with van der Waals surface area (Å²) in [4.78, 5) is 15.7. The fourth-order valence-corrected chi connectivity index (χ4v) is 5.22. The minimum Gasteiger partial charge on any atom is -0.258 e. The number of nitrogens with zero attached hydrogens (tertiary/aromatic N) is 2. The molecule has 0 N–H and O–H groups in total. The van der Waals surface area contributed by atoms with Crippen LogP contribution >= 0.6 is 59.1 Å². The number of nitro groups is 1. The van der Waals surface area contributed by atoms with E-state index in [9.17, 15) is 10.1 Å². The Bertz CT molecular complexity index is 873. The van der Waals surface area contributed by atoms with Crippen molar-refractivity contribution in [1.29, 1.82) is 0 Å². The molecular weight excluding hydrogens is 416 g/mol. The standard InChI is InChI=1S/C16H9ClN2O2S4/c17-13(14(22)23-12-4-2-1-3-5-12)15-24-16(25-15)18-10-6-8-11(9-7-10)19(20)21/h1-9H. The molecule has 0 bridgehead atoms. The van der Waals surface area contributed by atoms with Gasteiger partial charge in [-0.3, -0.25) is 10.1 Å². The number of nitro benzene ring substituents is 1. The molecule has 25 heavy (non-hydrogen) atoms. The van der Waals surface area contributed by atoms with Crippen LogP contribution in [0.25, 0.3) is 0 Å². The average molecular weight is 425 g/mol. The number of hydrogen-bond donors (Lipinski definition) is 0. The number of thiocarbonyl (C=S) groups is 1. The van der Waals surface area contributed by atoms with E-state index in [2.05, 4.69) is 4.99 Å². The summed E-state index contributed by atoms with van der Waals surface area (Å²) >= 11 is 16.1. The first kappa shape index (κ1) is 18.5. The van der Waals surface area contributed by atoms with Crippen molar-refractivity contribution < 1.29 is 4.92 Å². The highest BCUT2D eigenvalue weighted by Gasteiger charge is 2.26. The summed E-state index contributed by atoms with van der Waals surface area (Å²) in [7, 11) is 0. The second-order valence-electron chi connectivity index (χ2n) is 4.66. The molecule has 1 heterocycles. The van der Waals surface area contributed by atoms with E-state index in [1.807, 2.05) is 30.3 Å². The van der Waals surface area contributed by atoms with Crippen molar-refractivity contribution >= 4 is 79.1 Å². The Morgan fingerprint density at radius 2 is 1.76 bits per heavy atom. The van der Waals surface area contributed by atoms with Gasteiger partial charge in [-0.1, -0.05) is 77.3 Å². The lowest BCUT2D eigenvalue weighted by Crippen LogP contribution is -2.02. The lowest BCUT2D eigenvalue weighted by molar-refractivity contribution is -0.384. The van der Waals surface area contributed by atoms with E-state index < -0.39 is 4.92 Å².